The summed E-state index contributed by atoms with van der Waals surface area (Å²) in [7, 11) is 0. The lowest BCUT2D eigenvalue weighted by Crippen LogP contribution is -2.29. The van der Waals surface area contributed by atoms with Gasteiger partial charge in [0.1, 0.15) is 0 Å². The predicted octanol–water partition coefficient (Wildman–Crippen LogP) is 0.174. The van der Waals surface area contributed by atoms with Crippen LogP contribution in [-0.4, -0.2) is 14.5 Å². The molecule has 2 rings (SSSR count). The van der Waals surface area contributed by atoms with Crippen LogP contribution in [0.15, 0.2) is 46.4 Å². The predicted molar refractivity (Wildman–Crippen MR) is 59.3 cm³/mol. The normalized spacial score (nSPS) is 10.2. The lowest BCUT2D eigenvalue weighted by Gasteiger charge is -2.03. The lowest BCUT2D eigenvalue weighted by molar-refractivity contribution is 0.644. The van der Waals surface area contributed by atoms with E-state index in [1.165, 1.54) is 16.8 Å². The van der Waals surface area contributed by atoms with Gasteiger partial charge in [-0.15, -0.1) is 0 Å². The summed E-state index contributed by atoms with van der Waals surface area (Å²) in [5, 5.41) is 0. The Labute approximate surface area is 91.4 Å². The van der Waals surface area contributed by atoms with Gasteiger partial charge in [-0.25, -0.2) is 4.79 Å². The molecule has 0 unspecified atom stereocenters. The second-order valence-electron chi connectivity index (χ2n) is 3.41. The zero-order valence-electron chi connectivity index (χ0n) is 8.59. The maximum atomic E-state index is 11.4. The van der Waals surface area contributed by atoms with Crippen LogP contribution in [0.2, 0.25) is 0 Å². The third kappa shape index (κ3) is 2.44. The molecule has 0 amide bonds. The number of hydrogen-bond acceptors (Lipinski definition) is 3. The fourth-order valence-electron chi connectivity index (χ4n) is 1.42. The smallest absolute Gasteiger partial charge is 0.300 e. The first-order valence-electron chi connectivity index (χ1n) is 4.94. The van der Waals surface area contributed by atoms with E-state index in [0.29, 0.717) is 13.0 Å². The minimum atomic E-state index is -0.378. The van der Waals surface area contributed by atoms with Gasteiger partial charge >= 0.3 is 5.69 Å². The van der Waals surface area contributed by atoms with Crippen molar-refractivity contribution in [1.29, 1.82) is 0 Å². The van der Waals surface area contributed by atoms with Gasteiger partial charge in [0.25, 0.3) is 5.56 Å². The molecule has 5 nitrogen and oxygen atoms in total. The fourth-order valence-corrected chi connectivity index (χ4v) is 1.42. The number of nitrogens with one attached hydrogen (secondary N) is 1. The number of pyridine rings is 1. The van der Waals surface area contributed by atoms with Crippen molar-refractivity contribution in [1.82, 2.24) is 14.5 Å². The number of H-pyrrole nitrogens is 1. The Bertz CT molecular complexity index is 572. The Morgan fingerprint density at radius 1 is 1.31 bits per heavy atom. The summed E-state index contributed by atoms with van der Waals surface area (Å²) in [6.45, 7) is 0.529. The molecule has 1 N–H and O–H groups in total. The molecule has 0 saturated heterocycles. The highest BCUT2D eigenvalue weighted by molar-refractivity contribution is 5.08. The molecular formula is C11H11N3O2. The summed E-state index contributed by atoms with van der Waals surface area (Å²) in [5.74, 6) is 0. The highest BCUT2D eigenvalue weighted by atomic mass is 16.2. The number of rotatable bonds is 3. The number of hydrogen-bond donors (Lipinski definition) is 1. The van der Waals surface area contributed by atoms with Crippen molar-refractivity contribution >= 4 is 0 Å². The van der Waals surface area contributed by atoms with Gasteiger partial charge in [-0.05, 0) is 18.1 Å². The SMILES string of the molecule is O=c1ccn(CCc2cccnc2)c(=O)[nH]1. The van der Waals surface area contributed by atoms with E-state index in [1.54, 1.807) is 12.4 Å². The summed E-state index contributed by atoms with van der Waals surface area (Å²) in [5.41, 5.74) is 0.305. The molecule has 16 heavy (non-hydrogen) atoms. The van der Waals surface area contributed by atoms with E-state index in [-0.39, 0.29) is 11.2 Å². The van der Waals surface area contributed by atoms with Gasteiger partial charge in [0.05, 0.1) is 0 Å². The summed E-state index contributed by atoms with van der Waals surface area (Å²) in [4.78, 5) is 28.4. The third-order valence-corrected chi connectivity index (χ3v) is 2.26. The van der Waals surface area contributed by atoms with Gasteiger partial charge in [-0.1, -0.05) is 6.07 Å². The lowest BCUT2D eigenvalue weighted by atomic mass is 10.2. The highest BCUT2D eigenvalue weighted by Gasteiger charge is 1.97. The first kappa shape index (κ1) is 10.4. The van der Waals surface area contributed by atoms with E-state index in [4.69, 9.17) is 0 Å². The zero-order chi connectivity index (χ0) is 11.4. The van der Waals surface area contributed by atoms with Crippen molar-refractivity contribution < 1.29 is 0 Å². The molecule has 0 aliphatic heterocycles. The molecular weight excluding hydrogens is 206 g/mol. The first-order valence-corrected chi connectivity index (χ1v) is 4.94. The van der Waals surface area contributed by atoms with Crippen molar-refractivity contribution in [3.8, 4) is 0 Å². The van der Waals surface area contributed by atoms with Gasteiger partial charge in [0.2, 0.25) is 0 Å². The molecule has 0 radical (unpaired) electrons. The molecule has 0 aliphatic carbocycles. The monoisotopic (exact) mass is 217 g/mol. The summed E-state index contributed by atoms with van der Waals surface area (Å²) in [6.07, 6.45) is 5.67. The molecule has 2 heterocycles. The molecule has 0 aromatic carbocycles. The van der Waals surface area contributed by atoms with Gasteiger partial charge < -0.3 is 4.57 Å². The van der Waals surface area contributed by atoms with Crippen LogP contribution in [0.1, 0.15) is 5.56 Å². The maximum absolute atomic E-state index is 11.4. The molecule has 0 saturated carbocycles. The van der Waals surface area contributed by atoms with Crippen LogP contribution in [0.4, 0.5) is 0 Å². The molecule has 0 fully saturated rings. The molecule has 0 atom stereocenters. The molecule has 2 aromatic heterocycles. The number of aryl methyl sites for hydroxylation is 2. The van der Waals surface area contributed by atoms with Crippen molar-refractivity contribution in [2.75, 3.05) is 0 Å². The zero-order valence-corrected chi connectivity index (χ0v) is 8.59. The van der Waals surface area contributed by atoms with E-state index >= 15 is 0 Å². The van der Waals surface area contributed by atoms with E-state index in [1.807, 2.05) is 12.1 Å². The van der Waals surface area contributed by atoms with Crippen molar-refractivity contribution in [2.24, 2.45) is 0 Å². The molecule has 0 bridgehead atoms. The quantitative estimate of drug-likeness (QED) is 0.797. The molecule has 82 valence electrons. The van der Waals surface area contributed by atoms with Crippen LogP contribution in [0.3, 0.4) is 0 Å². The van der Waals surface area contributed by atoms with Crippen LogP contribution in [0.25, 0.3) is 0 Å². The number of nitrogens with zero attached hydrogens (tertiary/aromatic N) is 2. The van der Waals surface area contributed by atoms with E-state index in [0.717, 1.165) is 5.56 Å². The second kappa shape index (κ2) is 4.57. The van der Waals surface area contributed by atoms with E-state index < -0.39 is 0 Å². The average Bonchev–Trinajstić information content (AvgIpc) is 2.29. The minimum absolute atomic E-state index is 0.373. The van der Waals surface area contributed by atoms with Crippen LogP contribution < -0.4 is 11.2 Å². The van der Waals surface area contributed by atoms with E-state index in [2.05, 4.69) is 9.97 Å². The van der Waals surface area contributed by atoms with E-state index in [9.17, 15) is 9.59 Å². The second-order valence-corrected chi connectivity index (χ2v) is 3.41. The van der Waals surface area contributed by atoms with Gasteiger partial charge in [-0.2, -0.15) is 0 Å². The Morgan fingerprint density at radius 3 is 2.88 bits per heavy atom. The number of aromatic nitrogens is 3. The minimum Gasteiger partial charge on any atom is -0.300 e. The topological polar surface area (TPSA) is 67.8 Å². The van der Waals surface area contributed by atoms with Gasteiger partial charge in [0.15, 0.2) is 0 Å². The Balaban J connectivity index is 2.11. The van der Waals surface area contributed by atoms with Crippen molar-refractivity contribution in [3.63, 3.8) is 0 Å². The van der Waals surface area contributed by atoms with Crippen molar-refractivity contribution in [2.45, 2.75) is 13.0 Å². The Morgan fingerprint density at radius 2 is 2.19 bits per heavy atom. The average molecular weight is 217 g/mol. The van der Waals surface area contributed by atoms with Crippen LogP contribution in [-0.2, 0) is 13.0 Å². The highest BCUT2D eigenvalue weighted by Crippen LogP contribution is 1.97. The molecule has 0 spiro atoms. The van der Waals surface area contributed by atoms with Crippen molar-refractivity contribution in [3.05, 3.63) is 63.2 Å². The summed E-state index contributed by atoms with van der Waals surface area (Å²) >= 11 is 0. The van der Waals surface area contributed by atoms with Gasteiger partial charge in [0, 0.05) is 31.2 Å². The number of aromatic amines is 1. The summed E-state index contributed by atoms with van der Waals surface area (Å²) in [6, 6.07) is 5.14. The third-order valence-electron chi connectivity index (χ3n) is 2.26. The molecule has 5 heteroatoms. The maximum Gasteiger partial charge on any atom is 0.328 e. The summed E-state index contributed by atoms with van der Waals surface area (Å²) < 4.78 is 1.47. The fraction of sp³-hybridized carbons (Fsp3) is 0.182. The van der Waals surface area contributed by atoms with Crippen LogP contribution >= 0.6 is 0 Å². The molecule has 2 aromatic rings. The van der Waals surface area contributed by atoms with Crippen LogP contribution in [0.5, 0.6) is 0 Å². The Kier molecular flexibility index (Phi) is 2.95. The first-order chi connectivity index (χ1) is 7.75. The standard InChI is InChI=1S/C11H11N3O2/c15-10-4-7-14(11(16)13-10)6-3-9-2-1-5-12-8-9/h1-2,4-5,7-8H,3,6H2,(H,13,15,16). The largest absolute Gasteiger partial charge is 0.328 e. The Hall–Kier alpha value is -2.17. The van der Waals surface area contributed by atoms with Crippen LogP contribution in [0, 0.1) is 0 Å². The van der Waals surface area contributed by atoms with Gasteiger partial charge in [-0.3, -0.25) is 14.8 Å². The molecule has 0 aliphatic rings.